The van der Waals surface area contributed by atoms with Gasteiger partial charge in [-0.25, -0.2) is 8.42 Å². The van der Waals surface area contributed by atoms with Crippen LogP contribution in [0.15, 0.2) is 29.2 Å². The number of ether oxygens (including phenoxy) is 1. The molecule has 8 nitrogen and oxygen atoms in total. The molecule has 0 spiro atoms. The minimum absolute atomic E-state index is 0.110. The maximum absolute atomic E-state index is 13.0. The summed E-state index contributed by atoms with van der Waals surface area (Å²) in [5, 5.41) is 2.81. The van der Waals surface area contributed by atoms with E-state index < -0.39 is 16.1 Å². The zero-order valence-electron chi connectivity index (χ0n) is 18.5. The van der Waals surface area contributed by atoms with Crippen LogP contribution in [0.25, 0.3) is 0 Å². The summed E-state index contributed by atoms with van der Waals surface area (Å²) in [7, 11) is -3.58. The monoisotopic (exact) mass is 451 g/mol. The van der Waals surface area contributed by atoms with Gasteiger partial charge in [-0.1, -0.05) is 26.0 Å². The van der Waals surface area contributed by atoms with Crippen molar-refractivity contribution in [2.75, 3.05) is 39.4 Å². The van der Waals surface area contributed by atoms with Crippen LogP contribution in [0.1, 0.15) is 45.1 Å². The Morgan fingerprint density at radius 2 is 1.58 bits per heavy atom. The number of carbonyl (C=O) groups is 2. The highest BCUT2D eigenvalue weighted by molar-refractivity contribution is 7.89. The average Bonchev–Trinajstić information content (AvgIpc) is 2.79. The van der Waals surface area contributed by atoms with Gasteiger partial charge in [0.2, 0.25) is 21.8 Å². The number of morpholine rings is 1. The standard InChI is InChI=1S/C22H33N3O5S/c1-16(2)18-4-6-20(7-5-18)31(28,29)25-10-8-19(9-11-25)21(26)23-17(3)22(27)24-12-14-30-15-13-24/h4-7,16-17,19H,8-15H2,1-3H3,(H,23,26). The number of hydrogen-bond donors (Lipinski definition) is 1. The highest BCUT2D eigenvalue weighted by Gasteiger charge is 2.33. The topological polar surface area (TPSA) is 96.0 Å². The van der Waals surface area contributed by atoms with E-state index in [1.54, 1.807) is 24.0 Å². The summed E-state index contributed by atoms with van der Waals surface area (Å²) < 4.78 is 32.6. The molecule has 2 fully saturated rings. The normalized spacial score (nSPS) is 19.9. The van der Waals surface area contributed by atoms with Gasteiger partial charge in [-0.05, 0) is 43.4 Å². The molecule has 2 saturated heterocycles. The van der Waals surface area contributed by atoms with Crippen LogP contribution in [0.5, 0.6) is 0 Å². The number of benzene rings is 1. The second kappa shape index (κ2) is 10.1. The maximum Gasteiger partial charge on any atom is 0.245 e. The second-order valence-corrected chi connectivity index (χ2v) is 10.5. The highest BCUT2D eigenvalue weighted by Crippen LogP contribution is 2.25. The number of carbonyl (C=O) groups excluding carboxylic acids is 2. The summed E-state index contributed by atoms with van der Waals surface area (Å²) in [4.78, 5) is 27.1. The zero-order chi connectivity index (χ0) is 22.6. The predicted octanol–water partition coefficient (Wildman–Crippen LogP) is 1.57. The van der Waals surface area contributed by atoms with Crippen molar-refractivity contribution >= 4 is 21.8 Å². The fraction of sp³-hybridized carbons (Fsp3) is 0.636. The molecule has 9 heteroatoms. The van der Waals surface area contributed by atoms with E-state index >= 15 is 0 Å². The second-order valence-electron chi connectivity index (χ2n) is 8.57. The molecular weight excluding hydrogens is 418 g/mol. The molecule has 2 heterocycles. The number of rotatable bonds is 6. The Morgan fingerprint density at radius 3 is 2.13 bits per heavy atom. The summed E-state index contributed by atoms with van der Waals surface area (Å²) in [5.74, 6) is -0.257. The summed E-state index contributed by atoms with van der Waals surface area (Å²) in [6, 6.07) is 6.41. The molecule has 2 amide bonds. The SMILES string of the molecule is CC(NC(=O)C1CCN(S(=O)(=O)c2ccc(C(C)C)cc2)CC1)C(=O)N1CCOCC1. The van der Waals surface area contributed by atoms with Gasteiger partial charge in [0.05, 0.1) is 18.1 Å². The lowest BCUT2D eigenvalue weighted by Gasteiger charge is -2.32. The molecule has 1 atom stereocenters. The van der Waals surface area contributed by atoms with E-state index in [1.165, 1.54) is 4.31 Å². The quantitative estimate of drug-likeness (QED) is 0.708. The molecule has 0 aromatic heterocycles. The first-order valence-corrected chi connectivity index (χ1v) is 12.4. The largest absolute Gasteiger partial charge is 0.378 e. The molecule has 0 bridgehead atoms. The van der Waals surface area contributed by atoms with E-state index in [2.05, 4.69) is 19.2 Å². The number of piperidine rings is 1. The summed E-state index contributed by atoms with van der Waals surface area (Å²) in [6.45, 7) is 8.50. The van der Waals surface area contributed by atoms with Gasteiger partial charge in [0.25, 0.3) is 0 Å². The van der Waals surface area contributed by atoms with Gasteiger partial charge in [0.15, 0.2) is 0 Å². The average molecular weight is 452 g/mol. The van der Waals surface area contributed by atoms with Crippen LogP contribution in [-0.4, -0.2) is 74.9 Å². The van der Waals surface area contributed by atoms with Crippen molar-refractivity contribution in [2.45, 2.75) is 50.5 Å². The lowest BCUT2D eigenvalue weighted by molar-refractivity contribution is -0.140. The van der Waals surface area contributed by atoms with Gasteiger partial charge in [-0.15, -0.1) is 0 Å². The third kappa shape index (κ3) is 5.64. The minimum Gasteiger partial charge on any atom is -0.378 e. The van der Waals surface area contributed by atoms with Crippen LogP contribution in [0, 0.1) is 5.92 Å². The first kappa shape index (κ1) is 23.7. The van der Waals surface area contributed by atoms with Gasteiger partial charge in [-0.3, -0.25) is 9.59 Å². The summed E-state index contributed by atoms with van der Waals surface area (Å²) >= 11 is 0. The molecule has 31 heavy (non-hydrogen) atoms. The molecule has 1 aromatic rings. The molecule has 1 N–H and O–H groups in total. The summed E-state index contributed by atoms with van der Waals surface area (Å²) in [6.07, 6.45) is 0.876. The Hall–Kier alpha value is -1.97. The lowest BCUT2D eigenvalue weighted by Crippen LogP contribution is -2.52. The minimum atomic E-state index is -3.58. The zero-order valence-corrected chi connectivity index (χ0v) is 19.4. The Bertz CT molecular complexity index is 871. The van der Waals surface area contributed by atoms with E-state index in [1.807, 2.05) is 12.1 Å². The van der Waals surface area contributed by atoms with Crippen molar-refractivity contribution in [1.82, 2.24) is 14.5 Å². The Balaban J connectivity index is 1.53. The van der Waals surface area contributed by atoms with Gasteiger partial charge in [0.1, 0.15) is 6.04 Å². The molecular formula is C22H33N3O5S. The van der Waals surface area contributed by atoms with Crippen LogP contribution < -0.4 is 5.32 Å². The van der Waals surface area contributed by atoms with E-state index in [9.17, 15) is 18.0 Å². The van der Waals surface area contributed by atoms with Crippen molar-refractivity contribution in [1.29, 1.82) is 0 Å². The predicted molar refractivity (Wildman–Crippen MR) is 117 cm³/mol. The van der Waals surface area contributed by atoms with Crippen LogP contribution in [-0.2, 0) is 24.3 Å². The van der Waals surface area contributed by atoms with Gasteiger partial charge in [0, 0.05) is 32.1 Å². The lowest BCUT2D eigenvalue weighted by atomic mass is 9.97. The van der Waals surface area contributed by atoms with E-state index in [0.29, 0.717) is 45.1 Å². The van der Waals surface area contributed by atoms with E-state index in [-0.39, 0.29) is 35.7 Å². The molecule has 1 unspecified atom stereocenters. The molecule has 0 saturated carbocycles. The number of amides is 2. The first-order valence-electron chi connectivity index (χ1n) is 11.0. The van der Waals surface area contributed by atoms with Crippen molar-refractivity contribution in [3.05, 3.63) is 29.8 Å². The Morgan fingerprint density at radius 1 is 1.00 bits per heavy atom. The molecule has 0 radical (unpaired) electrons. The highest BCUT2D eigenvalue weighted by atomic mass is 32.2. The molecule has 1 aromatic carbocycles. The fourth-order valence-electron chi connectivity index (χ4n) is 3.98. The Kier molecular flexibility index (Phi) is 7.72. The van der Waals surface area contributed by atoms with Crippen LogP contribution in [0.3, 0.4) is 0 Å². The van der Waals surface area contributed by atoms with Crippen molar-refractivity contribution in [3.8, 4) is 0 Å². The van der Waals surface area contributed by atoms with Crippen LogP contribution in [0.2, 0.25) is 0 Å². The third-order valence-electron chi connectivity index (χ3n) is 6.06. The fourth-order valence-corrected chi connectivity index (χ4v) is 5.45. The maximum atomic E-state index is 13.0. The van der Waals surface area contributed by atoms with Crippen molar-refractivity contribution in [2.24, 2.45) is 5.92 Å². The van der Waals surface area contributed by atoms with Gasteiger partial charge >= 0.3 is 0 Å². The smallest absolute Gasteiger partial charge is 0.245 e. The molecule has 172 valence electrons. The molecule has 2 aliphatic rings. The van der Waals surface area contributed by atoms with Crippen molar-refractivity contribution < 1.29 is 22.7 Å². The number of sulfonamides is 1. The van der Waals surface area contributed by atoms with E-state index in [0.717, 1.165) is 5.56 Å². The van der Waals surface area contributed by atoms with Gasteiger partial charge in [-0.2, -0.15) is 4.31 Å². The first-order chi connectivity index (χ1) is 14.7. The third-order valence-corrected chi connectivity index (χ3v) is 7.97. The number of nitrogens with zero attached hydrogens (tertiary/aromatic N) is 2. The number of nitrogens with one attached hydrogen (secondary N) is 1. The molecule has 3 rings (SSSR count). The van der Waals surface area contributed by atoms with Crippen LogP contribution >= 0.6 is 0 Å². The van der Waals surface area contributed by atoms with E-state index in [4.69, 9.17) is 4.74 Å². The van der Waals surface area contributed by atoms with Gasteiger partial charge < -0.3 is 15.0 Å². The Labute approximate surface area is 185 Å². The summed E-state index contributed by atoms with van der Waals surface area (Å²) in [5.41, 5.74) is 1.09. The number of hydrogen-bond acceptors (Lipinski definition) is 5. The molecule has 0 aliphatic carbocycles. The van der Waals surface area contributed by atoms with Crippen molar-refractivity contribution in [3.63, 3.8) is 0 Å². The molecule has 2 aliphatic heterocycles. The van der Waals surface area contributed by atoms with Crippen LogP contribution in [0.4, 0.5) is 0 Å².